The minimum Gasteiger partial charge on any atom is -0.384 e. The second-order valence-electron chi connectivity index (χ2n) is 6.81. The maximum Gasteiger partial charge on any atom is 0.222 e. The summed E-state index contributed by atoms with van der Waals surface area (Å²) in [6.45, 7) is 8.02. The van der Waals surface area contributed by atoms with Crippen molar-refractivity contribution in [2.45, 2.75) is 38.6 Å². The van der Waals surface area contributed by atoms with Crippen LogP contribution in [0.2, 0.25) is 0 Å². The molecule has 2 fully saturated rings. The van der Waals surface area contributed by atoms with Crippen LogP contribution >= 0.6 is 0 Å². The van der Waals surface area contributed by atoms with Gasteiger partial charge in [-0.3, -0.25) is 9.69 Å². The van der Waals surface area contributed by atoms with Gasteiger partial charge in [0.1, 0.15) is 0 Å². The Morgan fingerprint density at radius 1 is 1.42 bits per heavy atom. The summed E-state index contributed by atoms with van der Waals surface area (Å²) in [5.41, 5.74) is 0.230. The number of hydrogen-bond donors (Lipinski definition) is 0. The van der Waals surface area contributed by atoms with Crippen LogP contribution in [-0.2, 0) is 9.53 Å². The van der Waals surface area contributed by atoms with Gasteiger partial charge < -0.3 is 9.64 Å². The van der Waals surface area contributed by atoms with Crippen LogP contribution in [0.25, 0.3) is 0 Å². The standard InChI is InChI=1S/C15H28N2O2/c1-12(2)7-14(18)17-10-15(11-17)8-13(9-19-4)5-6-16(15)3/h12-13H,5-11H2,1-4H3/t13-/m1/s1. The van der Waals surface area contributed by atoms with Crippen LogP contribution in [0.5, 0.6) is 0 Å². The lowest BCUT2D eigenvalue weighted by atomic mass is 9.75. The Morgan fingerprint density at radius 3 is 2.68 bits per heavy atom. The molecular formula is C15H28N2O2. The fourth-order valence-corrected chi connectivity index (χ4v) is 3.48. The topological polar surface area (TPSA) is 32.8 Å². The van der Waals surface area contributed by atoms with E-state index in [1.807, 2.05) is 4.90 Å². The molecule has 2 saturated heterocycles. The number of carbonyl (C=O) groups excluding carboxylic acids is 1. The van der Waals surface area contributed by atoms with Crippen molar-refractivity contribution in [3.05, 3.63) is 0 Å². The van der Waals surface area contributed by atoms with Crippen LogP contribution in [-0.4, -0.2) is 61.6 Å². The first kappa shape index (κ1) is 14.8. The van der Waals surface area contributed by atoms with Crippen molar-refractivity contribution in [1.29, 1.82) is 0 Å². The highest BCUT2D eigenvalue weighted by Gasteiger charge is 2.50. The number of piperidine rings is 1. The lowest BCUT2D eigenvalue weighted by molar-refractivity contribution is -0.151. The molecule has 110 valence electrons. The minimum atomic E-state index is 0.230. The van der Waals surface area contributed by atoms with Crippen LogP contribution < -0.4 is 0 Å². The summed E-state index contributed by atoms with van der Waals surface area (Å²) >= 11 is 0. The van der Waals surface area contributed by atoms with E-state index in [-0.39, 0.29) is 5.54 Å². The summed E-state index contributed by atoms with van der Waals surface area (Å²) < 4.78 is 5.31. The molecule has 0 unspecified atom stereocenters. The number of likely N-dealkylation sites (N-methyl/N-ethyl adjacent to an activating group) is 1. The molecule has 2 rings (SSSR count). The third-order valence-electron chi connectivity index (χ3n) is 4.66. The summed E-state index contributed by atoms with van der Waals surface area (Å²) in [6, 6.07) is 0. The highest BCUT2D eigenvalue weighted by molar-refractivity contribution is 5.77. The van der Waals surface area contributed by atoms with Gasteiger partial charge in [0.25, 0.3) is 0 Å². The molecule has 0 N–H and O–H groups in total. The van der Waals surface area contributed by atoms with E-state index in [0.29, 0.717) is 24.2 Å². The highest BCUT2D eigenvalue weighted by Crippen LogP contribution is 2.38. The predicted molar refractivity (Wildman–Crippen MR) is 76.0 cm³/mol. The van der Waals surface area contributed by atoms with E-state index in [4.69, 9.17) is 4.74 Å². The molecule has 0 aliphatic carbocycles. The van der Waals surface area contributed by atoms with E-state index in [2.05, 4.69) is 25.8 Å². The Bertz CT molecular complexity index is 324. The number of amides is 1. The zero-order chi connectivity index (χ0) is 14.0. The first-order valence-electron chi connectivity index (χ1n) is 7.45. The van der Waals surface area contributed by atoms with Gasteiger partial charge in [-0.2, -0.15) is 0 Å². The van der Waals surface area contributed by atoms with E-state index >= 15 is 0 Å². The molecule has 4 nitrogen and oxygen atoms in total. The van der Waals surface area contributed by atoms with Crippen molar-refractivity contribution in [3.63, 3.8) is 0 Å². The lowest BCUT2D eigenvalue weighted by Crippen LogP contribution is -2.72. The molecule has 0 saturated carbocycles. The average Bonchev–Trinajstić information content (AvgIpc) is 2.28. The van der Waals surface area contributed by atoms with Crippen LogP contribution in [0.3, 0.4) is 0 Å². The molecule has 4 heteroatoms. The van der Waals surface area contributed by atoms with Gasteiger partial charge in [0.05, 0.1) is 5.54 Å². The minimum absolute atomic E-state index is 0.230. The molecule has 2 aliphatic heterocycles. The molecule has 0 aromatic rings. The summed E-state index contributed by atoms with van der Waals surface area (Å²) in [4.78, 5) is 16.5. The fourth-order valence-electron chi connectivity index (χ4n) is 3.48. The summed E-state index contributed by atoms with van der Waals surface area (Å²) in [5.74, 6) is 1.43. The van der Waals surface area contributed by atoms with Crippen molar-refractivity contribution in [2.24, 2.45) is 11.8 Å². The number of rotatable bonds is 4. The van der Waals surface area contributed by atoms with Gasteiger partial charge >= 0.3 is 0 Å². The number of hydrogen-bond acceptors (Lipinski definition) is 3. The van der Waals surface area contributed by atoms with Gasteiger partial charge in [-0.05, 0) is 38.3 Å². The smallest absolute Gasteiger partial charge is 0.222 e. The molecule has 1 spiro atoms. The number of methoxy groups -OCH3 is 1. The molecule has 0 bridgehead atoms. The lowest BCUT2D eigenvalue weighted by Gasteiger charge is -2.58. The van der Waals surface area contributed by atoms with Crippen molar-refractivity contribution in [1.82, 2.24) is 9.80 Å². The number of nitrogens with zero attached hydrogens (tertiary/aromatic N) is 2. The Balaban J connectivity index is 1.89. The third-order valence-corrected chi connectivity index (χ3v) is 4.66. The third kappa shape index (κ3) is 3.11. The SMILES string of the molecule is COC[C@@H]1CCN(C)C2(C1)CN(C(=O)CC(C)C)C2. The largest absolute Gasteiger partial charge is 0.384 e. The molecule has 0 aromatic carbocycles. The van der Waals surface area contributed by atoms with Gasteiger partial charge in [-0.1, -0.05) is 13.8 Å². The molecule has 0 radical (unpaired) electrons. The van der Waals surface area contributed by atoms with Gasteiger partial charge in [0.15, 0.2) is 0 Å². The molecule has 1 atom stereocenters. The maximum atomic E-state index is 12.1. The van der Waals surface area contributed by atoms with E-state index in [1.165, 1.54) is 12.8 Å². The Kier molecular flexibility index (Phi) is 4.51. The zero-order valence-corrected chi connectivity index (χ0v) is 12.8. The van der Waals surface area contributed by atoms with Crippen molar-refractivity contribution in [3.8, 4) is 0 Å². The number of likely N-dealkylation sites (tertiary alicyclic amines) is 2. The van der Waals surface area contributed by atoms with E-state index in [1.54, 1.807) is 7.11 Å². The van der Waals surface area contributed by atoms with E-state index < -0.39 is 0 Å². The monoisotopic (exact) mass is 268 g/mol. The van der Waals surface area contributed by atoms with Gasteiger partial charge in [-0.25, -0.2) is 0 Å². The fraction of sp³-hybridized carbons (Fsp3) is 0.933. The quantitative estimate of drug-likeness (QED) is 0.776. The van der Waals surface area contributed by atoms with Crippen LogP contribution in [0.4, 0.5) is 0 Å². The highest BCUT2D eigenvalue weighted by atomic mass is 16.5. The Hall–Kier alpha value is -0.610. The predicted octanol–water partition coefficient (Wildman–Crippen LogP) is 1.60. The molecular weight excluding hydrogens is 240 g/mol. The average molecular weight is 268 g/mol. The molecule has 19 heavy (non-hydrogen) atoms. The van der Waals surface area contributed by atoms with Crippen LogP contribution in [0, 0.1) is 11.8 Å². The van der Waals surface area contributed by atoms with Gasteiger partial charge in [0, 0.05) is 33.2 Å². The van der Waals surface area contributed by atoms with E-state index in [9.17, 15) is 4.79 Å². The van der Waals surface area contributed by atoms with Crippen molar-refractivity contribution in [2.75, 3.05) is 40.4 Å². The van der Waals surface area contributed by atoms with Crippen molar-refractivity contribution < 1.29 is 9.53 Å². The maximum absolute atomic E-state index is 12.1. The van der Waals surface area contributed by atoms with Gasteiger partial charge in [0.2, 0.25) is 5.91 Å². The van der Waals surface area contributed by atoms with Gasteiger partial charge in [-0.15, -0.1) is 0 Å². The van der Waals surface area contributed by atoms with Crippen LogP contribution in [0.1, 0.15) is 33.1 Å². The first-order chi connectivity index (χ1) is 8.97. The van der Waals surface area contributed by atoms with E-state index in [0.717, 1.165) is 26.2 Å². The molecule has 1 amide bonds. The molecule has 2 aliphatic rings. The number of ether oxygens (including phenoxy) is 1. The second kappa shape index (κ2) is 5.80. The van der Waals surface area contributed by atoms with Crippen molar-refractivity contribution >= 4 is 5.91 Å². The Labute approximate surface area is 117 Å². The summed E-state index contributed by atoms with van der Waals surface area (Å²) in [7, 11) is 3.98. The van der Waals surface area contributed by atoms with Crippen LogP contribution in [0.15, 0.2) is 0 Å². The number of carbonyl (C=O) groups is 1. The second-order valence-corrected chi connectivity index (χ2v) is 6.81. The molecule has 2 heterocycles. The summed E-state index contributed by atoms with van der Waals surface area (Å²) in [5, 5.41) is 0. The first-order valence-corrected chi connectivity index (χ1v) is 7.45. The normalized spacial score (nSPS) is 26.8. The molecule has 0 aromatic heterocycles. The zero-order valence-electron chi connectivity index (χ0n) is 12.8. The summed E-state index contributed by atoms with van der Waals surface area (Å²) in [6.07, 6.45) is 3.07. The Morgan fingerprint density at radius 2 is 2.11 bits per heavy atom.